The summed E-state index contributed by atoms with van der Waals surface area (Å²) in [6.07, 6.45) is 3.02. The first-order chi connectivity index (χ1) is 19.1. The van der Waals surface area contributed by atoms with Crippen molar-refractivity contribution < 1.29 is 33.9 Å². The second kappa shape index (κ2) is 13.6. The van der Waals surface area contributed by atoms with Crippen molar-refractivity contribution in [3.05, 3.63) is 35.9 Å². The van der Waals surface area contributed by atoms with Crippen molar-refractivity contribution in [3.63, 3.8) is 0 Å². The lowest BCUT2D eigenvalue weighted by Gasteiger charge is -2.19. The van der Waals surface area contributed by atoms with Gasteiger partial charge in [0.15, 0.2) is 5.96 Å². The lowest BCUT2D eigenvalue weighted by molar-refractivity contribution is -0.141. The highest BCUT2D eigenvalue weighted by molar-refractivity contribution is 6.06. The van der Waals surface area contributed by atoms with Gasteiger partial charge in [-0.25, -0.2) is 4.99 Å². The molecule has 0 fully saturated rings. The van der Waals surface area contributed by atoms with Crippen molar-refractivity contribution in [1.82, 2.24) is 25.1 Å². The van der Waals surface area contributed by atoms with E-state index in [2.05, 4.69) is 31.6 Å². The lowest BCUT2D eigenvalue weighted by atomic mass is 10.2. The van der Waals surface area contributed by atoms with E-state index >= 15 is 0 Å². The summed E-state index contributed by atoms with van der Waals surface area (Å²) in [5.41, 5.74) is 11.4. The zero-order chi connectivity index (χ0) is 31.0. The van der Waals surface area contributed by atoms with Crippen LogP contribution in [0.5, 0.6) is 0 Å². The van der Waals surface area contributed by atoms with E-state index in [1.807, 2.05) is 0 Å². The molecule has 0 radical (unpaired) electrons. The Bertz CT molecular complexity index is 1370. The van der Waals surface area contributed by atoms with Gasteiger partial charge in [-0.1, -0.05) is 0 Å². The summed E-state index contributed by atoms with van der Waals surface area (Å²) in [6, 6.07) is -0.389. The minimum absolute atomic E-state index is 0.126. The van der Waals surface area contributed by atoms with Gasteiger partial charge in [0.25, 0.3) is 11.8 Å². The van der Waals surface area contributed by atoms with E-state index in [1.54, 1.807) is 14.1 Å². The number of rotatable bonds is 12. The van der Waals surface area contributed by atoms with Crippen LogP contribution in [0.2, 0.25) is 0 Å². The van der Waals surface area contributed by atoms with Gasteiger partial charge in [0.1, 0.15) is 36.1 Å². The van der Waals surface area contributed by atoms with Gasteiger partial charge in [-0.15, -0.1) is 0 Å². The smallest absolute Gasteiger partial charge is 0.325 e. The fraction of sp³-hybridized carbons (Fsp3) is 0.375. The highest BCUT2D eigenvalue weighted by atomic mass is 16.4. The first-order valence-electron chi connectivity index (χ1n) is 12.2. The molecule has 0 saturated carbocycles. The third-order valence-corrected chi connectivity index (χ3v) is 5.64. The standard InChI is InChI=1S/C24H34N10O7/c1-11(20(37)30-13(3)23(40)41)28-19(36)12(2)29-21(38)16-7-15(10-34(16)5)32-22(39)17-6-14(9-33(17)4)31-18(35)8-27-24(25)26/h6-7,9-13H,8H2,1-5H3,(H,28,36)(H,29,38)(H,30,37)(H,31,35)(H,32,39)(H,40,41)(H4,25,26,27)/t11-,12-,13-/m0/s1. The second-order valence-electron chi connectivity index (χ2n) is 9.19. The highest BCUT2D eigenvalue weighted by Crippen LogP contribution is 2.17. The molecule has 0 aliphatic rings. The molecule has 2 aromatic heterocycles. The Kier molecular flexibility index (Phi) is 10.6. The zero-order valence-corrected chi connectivity index (χ0v) is 23.1. The number of aryl methyl sites for hydroxylation is 2. The van der Waals surface area contributed by atoms with Crippen LogP contribution in [0.1, 0.15) is 41.7 Å². The fourth-order valence-corrected chi connectivity index (χ4v) is 3.42. The second-order valence-corrected chi connectivity index (χ2v) is 9.19. The molecule has 17 nitrogen and oxygen atoms in total. The Hall–Kier alpha value is -5.35. The molecule has 2 heterocycles. The maximum absolute atomic E-state index is 12.8. The van der Waals surface area contributed by atoms with Gasteiger partial charge in [0, 0.05) is 26.5 Å². The number of amides is 5. The number of nitrogens with one attached hydrogen (secondary N) is 5. The maximum atomic E-state index is 12.8. The molecule has 0 bridgehead atoms. The summed E-state index contributed by atoms with van der Waals surface area (Å²) >= 11 is 0. The average molecular weight is 575 g/mol. The van der Waals surface area contributed by atoms with Gasteiger partial charge in [-0.05, 0) is 32.9 Å². The van der Waals surface area contributed by atoms with Crippen molar-refractivity contribution in [3.8, 4) is 0 Å². The SMILES string of the molecule is C[C@H](NC(=O)[C@H](C)NC(=O)[C@H](C)NC(=O)c1cc(NC(=O)c2cc(NC(=O)CN=C(N)N)cn2C)cn1C)C(=O)O. The lowest BCUT2D eigenvalue weighted by Crippen LogP contribution is -2.53. The van der Waals surface area contributed by atoms with Gasteiger partial charge in [-0.3, -0.25) is 28.8 Å². The van der Waals surface area contributed by atoms with Gasteiger partial charge in [0.05, 0.1) is 11.4 Å². The average Bonchev–Trinajstić information content (AvgIpc) is 3.43. The van der Waals surface area contributed by atoms with E-state index < -0.39 is 53.6 Å². The number of nitrogens with zero attached hydrogens (tertiary/aromatic N) is 3. The number of carbonyl (C=O) groups is 6. The molecular formula is C24H34N10O7. The molecule has 2 aromatic rings. The van der Waals surface area contributed by atoms with Crippen LogP contribution in [0.25, 0.3) is 0 Å². The van der Waals surface area contributed by atoms with Gasteiger partial charge < -0.3 is 52.3 Å². The topological polar surface area (TPSA) is 257 Å². The first-order valence-corrected chi connectivity index (χ1v) is 12.2. The Balaban J connectivity index is 1.99. The van der Waals surface area contributed by atoms with Crippen LogP contribution in [0.15, 0.2) is 29.5 Å². The van der Waals surface area contributed by atoms with Crippen LogP contribution >= 0.6 is 0 Å². The molecule has 0 aromatic carbocycles. The number of guanidine groups is 1. The van der Waals surface area contributed by atoms with Crippen LogP contribution in [0, 0.1) is 0 Å². The van der Waals surface area contributed by atoms with E-state index in [0.717, 1.165) is 0 Å². The van der Waals surface area contributed by atoms with Crippen LogP contribution in [0.3, 0.4) is 0 Å². The van der Waals surface area contributed by atoms with Gasteiger partial charge in [0.2, 0.25) is 17.7 Å². The van der Waals surface area contributed by atoms with Gasteiger partial charge in [-0.2, -0.15) is 0 Å². The maximum Gasteiger partial charge on any atom is 0.325 e. The number of hydrogen-bond donors (Lipinski definition) is 8. The van der Waals surface area contributed by atoms with E-state index in [0.29, 0.717) is 5.69 Å². The molecule has 0 unspecified atom stereocenters. The van der Waals surface area contributed by atoms with E-state index in [4.69, 9.17) is 16.6 Å². The molecule has 0 aliphatic carbocycles. The third kappa shape index (κ3) is 9.12. The number of aliphatic carboxylic acids is 1. The van der Waals surface area contributed by atoms with Crippen molar-refractivity contribution in [1.29, 1.82) is 0 Å². The minimum atomic E-state index is -1.23. The predicted octanol–water partition coefficient (Wildman–Crippen LogP) is -1.96. The van der Waals surface area contributed by atoms with Crippen LogP contribution in [0.4, 0.5) is 11.4 Å². The number of carbonyl (C=O) groups excluding carboxylic acids is 5. The monoisotopic (exact) mass is 574 g/mol. The van der Waals surface area contributed by atoms with Crippen molar-refractivity contribution >= 4 is 52.8 Å². The Morgan fingerprint density at radius 1 is 0.780 bits per heavy atom. The number of aromatic nitrogens is 2. The molecule has 0 aliphatic heterocycles. The zero-order valence-electron chi connectivity index (χ0n) is 23.1. The van der Waals surface area contributed by atoms with E-state index in [1.165, 1.54) is 54.4 Å². The number of anilines is 2. The summed E-state index contributed by atoms with van der Waals surface area (Å²) in [5.74, 6) is -4.46. The number of carboxylic acid groups (broad SMARTS) is 1. The predicted molar refractivity (Wildman–Crippen MR) is 148 cm³/mol. The fourth-order valence-electron chi connectivity index (χ4n) is 3.42. The molecule has 0 spiro atoms. The molecule has 10 N–H and O–H groups in total. The van der Waals surface area contributed by atoms with Crippen LogP contribution in [-0.4, -0.2) is 80.4 Å². The summed E-state index contributed by atoms with van der Waals surface area (Å²) in [6.45, 7) is 3.78. The summed E-state index contributed by atoms with van der Waals surface area (Å²) in [7, 11) is 3.17. The molecule has 41 heavy (non-hydrogen) atoms. The van der Waals surface area contributed by atoms with Crippen LogP contribution in [-0.2, 0) is 33.3 Å². The van der Waals surface area contributed by atoms with Crippen molar-refractivity contribution in [2.24, 2.45) is 30.6 Å². The minimum Gasteiger partial charge on any atom is -0.480 e. The Labute approximate surface area is 234 Å². The Morgan fingerprint density at radius 3 is 1.76 bits per heavy atom. The Morgan fingerprint density at radius 2 is 1.24 bits per heavy atom. The molecule has 5 amide bonds. The number of aliphatic imine (C=N–C) groups is 1. The van der Waals surface area contributed by atoms with E-state index in [-0.39, 0.29) is 29.6 Å². The normalized spacial score (nSPS) is 12.7. The summed E-state index contributed by atoms with van der Waals surface area (Å²) in [4.78, 5) is 76.6. The number of hydrogen-bond acceptors (Lipinski definition) is 7. The number of nitrogens with two attached hydrogens (primary N) is 2. The molecule has 2 rings (SSSR count). The molecule has 3 atom stereocenters. The highest BCUT2D eigenvalue weighted by Gasteiger charge is 2.25. The van der Waals surface area contributed by atoms with Crippen LogP contribution < -0.4 is 38.1 Å². The first kappa shape index (κ1) is 31.9. The van der Waals surface area contributed by atoms with Crippen molar-refractivity contribution in [2.45, 2.75) is 38.9 Å². The quantitative estimate of drug-likeness (QED) is 0.103. The third-order valence-electron chi connectivity index (χ3n) is 5.64. The van der Waals surface area contributed by atoms with E-state index in [9.17, 15) is 28.8 Å². The van der Waals surface area contributed by atoms with Gasteiger partial charge >= 0.3 is 5.97 Å². The number of carboxylic acids is 1. The molecular weight excluding hydrogens is 540 g/mol. The van der Waals surface area contributed by atoms with Crippen molar-refractivity contribution in [2.75, 3.05) is 17.2 Å². The largest absolute Gasteiger partial charge is 0.480 e. The molecule has 222 valence electrons. The summed E-state index contributed by atoms with van der Waals surface area (Å²) in [5, 5.41) is 21.3. The molecule has 17 heteroatoms. The summed E-state index contributed by atoms with van der Waals surface area (Å²) < 4.78 is 2.94. The molecule has 0 saturated heterocycles.